The summed E-state index contributed by atoms with van der Waals surface area (Å²) in [4.78, 5) is 32.4. The molecule has 24 heavy (non-hydrogen) atoms. The Morgan fingerprint density at radius 3 is 2.17 bits per heavy atom. The third-order valence-corrected chi connectivity index (χ3v) is 3.68. The fourth-order valence-corrected chi connectivity index (χ4v) is 2.14. The molecule has 5 nitrogen and oxygen atoms in total. The van der Waals surface area contributed by atoms with E-state index in [-0.39, 0.29) is 16.9 Å². The number of nitrogens with zero attached hydrogens (tertiary/aromatic N) is 2. The number of ketones is 1. The molecular weight excluding hydrogens is 304 g/mol. The Morgan fingerprint density at radius 2 is 1.67 bits per heavy atom. The lowest BCUT2D eigenvalue weighted by Crippen LogP contribution is -2.25. The number of ether oxygens (including phenoxy) is 1. The molecule has 0 aliphatic rings. The van der Waals surface area contributed by atoms with Gasteiger partial charge in [0.05, 0.1) is 11.9 Å². The average Bonchev–Trinajstić information content (AvgIpc) is 2.54. The molecule has 2 rings (SSSR count). The minimum Gasteiger partial charge on any atom is -0.449 e. The van der Waals surface area contributed by atoms with Gasteiger partial charge in [-0.05, 0) is 24.8 Å². The second kappa shape index (κ2) is 6.91. The van der Waals surface area contributed by atoms with E-state index < -0.39 is 12.1 Å². The maximum atomic E-state index is 12.4. The van der Waals surface area contributed by atoms with Crippen molar-refractivity contribution in [3.63, 3.8) is 0 Å². The van der Waals surface area contributed by atoms with Crippen LogP contribution in [0.4, 0.5) is 0 Å². The molecule has 0 radical (unpaired) electrons. The zero-order valence-corrected chi connectivity index (χ0v) is 14.7. The van der Waals surface area contributed by atoms with Crippen LogP contribution in [0.5, 0.6) is 0 Å². The lowest BCUT2D eigenvalue weighted by Gasteiger charge is -2.19. The van der Waals surface area contributed by atoms with E-state index in [1.165, 1.54) is 12.4 Å². The molecule has 1 aromatic carbocycles. The second-order valence-electron chi connectivity index (χ2n) is 6.78. The number of benzene rings is 1. The van der Waals surface area contributed by atoms with Crippen LogP contribution >= 0.6 is 0 Å². The van der Waals surface area contributed by atoms with Crippen molar-refractivity contribution in [1.82, 2.24) is 9.97 Å². The molecule has 126 valence electrons. The van der Waals surface area contributed by atoms with Crippen LogP contribution in [0.1, 0.15) is 59.8 Å². The summed E-state index contributed by atoms with van der Waals surface area (Å²) in [5.41, 5.74) is 2.46. The number of Topliss-reactive ketones (excluding diaryl/α,β-unsaturated/α-hetero) is 1. The minimum atomic E-state index is -0.888. The van der Waals surface area contributed by atoms with E-state index in [0.717, 1.165) is 5.56 Å². The van der Waals surface area contributed by atoms with Gasteiger partial charge in [0.2, 0.25) is 5.78 Å². The number of aromatic nitrogens is 2. The number of aryl methyl sites for hydroxylation is 1. The molecule has 1 heterocycles. The Kier molecular flexibility index (Phi) is 5.12. The quantitative estimate of drug-likeness (QED) is 0.635. The summed E-state index contributed by atoms with van der Waals surface area (Å²) >= 11 is 0. The molecule has 0 unspecified atom stereocenters. The molecule has 1 aromatic heterocycles. The van der Waals surface area contributed by atoms with Crippen LogP contribution in [0.3, 0.4) is 0 Å². The molecule has 0 N–H and O–H groups in total. The van der Waals surface area contributed by atoms with Crippen molar-refractivity contribution >= 4 is 11.8 Å². The normalized spacial score (nSPS) is 12.5. The van der Waals surface area contributed by atoms with Crippen LogP contribution in [0.2, 0.25) is 0 Å². The van der Waals surface area contributed by atoms with Gasteiger partial charge in [0.25, 0.3) is 0 Å². The van der Waals surface area contributed by atoms with E-state index in [1.807, 2.05) is 12.1 Å². The standard InChI is InChI=1S/C19H22N2O3/c1-12-10-21-16(11-20-12)18(23)24-13(2)17(22)14-6-8-15(9-7-14)19(3,4)5/h6-11,13H,1-5H3/t13-/m0/s1. The maximum absolute atomic E-state index is 12.4. The molecule has 0 saturated carbocycles. The first kappa shape index (κ1) is 17.8. The van der Waals surface area contributed by atoms with Crippen LogP contribution in [0.25, 0.3) is 0 Å². The fraction of sp³-hybridized carbons (Fsp3) is 0.368. The highest BCUT2D eigenvalue weighted by atomic mass is 16.5. The second-order valence-corrected chi connectivity index (χ2v) is 6.78. The molecular formula is C19H22N2O3. The molecule has 0 spiro atoms. The van der Waals surface area contributed by atoms with E-state index >= 15 is 0 Å². The molecule has 0 saturated heterocycles. The van der Waals surface area contributed by atoms with Crippen molar-refractivity contribution in [2.75, 3.05) is 0 Å². The summed E-state index contributed by atoms with van der Waals surface area (Å²) in [6.07, 6.45) is 1.93. The summed E-state index contributed by atoms with van der Waals surface area (Å²) in [6.45, 7) is 9.65. The maximum Gasteiger partial charge on any atom is 0.359 e. The van der Waals surface area contributed by atoms with Crippen molar-refractivity contribution in [2.24, 2.45) is 0 Å². The van der Waals surface area contributed by atoms with E-state index in [2.05, 4.69) is 30.7 Å². The lowest BCUT2D eigenvalue weighted by atomic mass is 9.86. The van der Waals surface area contributed by atoms with Crippen molar-refractivity contribution < 1.29 is 14.3 Å². The van der Waals surface area contributed by atoms with Crippen LogP contribution in [0.15, 0.2) is 36.7 Å². The SMILES string of the molecule is Cc1cnc(C(=O)O[C@@H](C)C(=O)c2ccc(C(C)(C)C)cc2)cn1. The number of hydrogen-bond donors (Lipinski definition) is 0. The fourth-order valence-electron chi connectivity index (χ4n) is 2.14. The smallest absolute Gasteiger partial charge is 0.359 e. The molecule has 0 bridgehead atoms. The number of rotatable bonds is 4. The first-order chi connectivity index (χ1) is 11.2. The third kappa shape index (κ3) is 4.25. The van der Waals surface area contributed by atoms with Gasteiger partial charge in [-0.2, -0.15) is 0 Å². The summed E-state index contributed by atoms with van der Waals surface area (Å²) in [5, 5.41) is 0. The Balaban J connectivity index is 2.06. The zero-order chi connectivity index (χ0) is 17.9. The van der Waals surface area contributed by atoms with Gasteiger partial charge in [-0.1, -0.05) is 45.0 Å². The third-order valence-electron chi connectivity index (χ3n) is 3.68. The Labute approximate surface area is 142 Å². The molecule has 0 fully saturated rings. The van der Waals surface area contributed by atoms with Crippen molar-refractivity contribution in [2.45, 2.75) is 46.1 Å². The van der Waals surface area contributed by atoms with E-state index in [4.69, 9.17) is 4.74 Å². The van der Waals surface area contributed by atoms with Gasteiger partial charge in [-0.25, -0.2) is 9.78 Å². The molecule has 0 aliphatic carbocycles. The van der Waals surface area contributed by atoms with Crippen molar-refractivity contribution in [3.8, 4) is 0 Å². The Bertz CT molecular complexity index is 729. The number of carbonyl (C=O) groups is 2. The minimum absolute atomic E-state index is 0.0176. The monoisotopic (exact) mass is 326 g/mol. The summed E-state index contributed by atoms with van der Waals surface area (Å²) in [5.74, 6) is -0.904. The van der Waals surface area contributed by atoms with E-state index in [9.17, 15) is 9.59 Å². The average molecular weight is 326 g/mol. The number of hydrogen-bond acceptors (Lipinski definition) is 5. The molecule has 5 heteroatoms. The predicted molar refractivity (Wildman–Crippen MR) is 91.1 cm³/mol. The zero-order valence-electron chi connectivity index (χ0n) is 14.7. The van der Waals surface area contributed by atoms with Crippen molar-refractivity contribution in [3.05, 3.63) is 59.2 Å². The summed E-state index contributed by atoms with van der Waals surface area (Å²) in [6, 6.07) is 7.37. The van der Waals surface area contributed by atoms with E-state index in [1.54, 1.807) is 26.0 Å². The van der Waals surface area contributed by atoms with Gasteiger partial charge in [0.15, 0.2) is 11.8 Å². The van der Waals surface area contributed by atoms with Gasteiger partial charge in [-0.3, -0.25) is 9.78 Å². The summed E-state index contributed by atoms with van der Waals surface area (Å²) < 4.78 is 5.20. The van der Waals surface area contributed by atoms with Gasteiger partial charge in [0, 0.05) is 11.8 Å². The van der Waals surface area contributed by atoms with Crippen LogP contribution < -0.4 is 0 Å². The molecule has 0 amide bonds. The number of carbonyl (C=O) groups excluding carboxylic acids is 2. The lowest BCUT2D eigenvalue weighted by molar-refractivity contribution is 0.0312. The highest BCUT2D eigenvalue weighted by molar-refractivity contribution is 6.01. The summed E-state index contributed by atoms with van der Waals surface area (Å²) in [7, 11) is 0. The van der Waals surface area contributed by atoms with Crippen LogP contribution in [0, 0.1) is 6.92 Å². The predicted octanol–water partition coefficient (Wildman–Crippen LogP) is 3.51. The van der Waals surface area contributed by atoms with Gasteiger partial charge in [-0.15, -0.1) is 0 Å². The van der Waals surface area contributed by atoms with Gasteiger partial charge < -0.3 is 4.74 Å². The number of esters is 1. The van der Waals surface area contributed by atoms with Crippen molar-refractivity contribution in [1.29, 1.82) is 0 Å². The van der Waals surface area contributed by atoms with Gasteiger partial charge >= 0.3 is 5.97 Å². The Hall–Kier alpha value is -2.56. The van der Waals surface area contributed by atoms with Crippen LogP contribution in [-0.4, -0.2) is 27.8 Å². The Morgan fingerprint density at radius 1 is 1.04 bits per heavy atom. The first-order valence-electron chi connectivity index (χ1n) is 7.83. The molecule has 0 aliphatic heterocycles. The largest absolute Gasteiger partial charge is 0.449 e. The van der Waals surface area contributed by atoms with E-state index in [0.29, 0.717) is 11.3 Å². The molecule has 2 aromatic rings. The highest BCUT2D eigenvalue weighted by Crippen LogP contribution is 2.22. The van der Waals surface area contributed by atoms with Crippen LogP contribution in [-0.2, 0) is 10.2 Å². The first-order valence-corrected chi connectivity index (χ1v) is 7.83. The molecule has 1 atom stereocenters. The topological polar surface area (TPSA) is 69.2 Å². The van der Waals surface area contributed by atoms with Gasteiger partial charge in [0.1, 0.15) is 0 Å². The highest BCUT2D eigenvalue weighted by Gasteiger charge is 2.22.